The molecule has 0 saturated carbocycles. The highest BCUT2D eigenvalue weighted by molar-refractivity contribution is 6.05. The van der Waals surface area contributed by atoms with Crippen LogP contribution in [0.3, 0.4) is 0 Å². The lowest BCUT2D eigenvalue weighted by molar-refractivity contribution is 0.0927. The molecule has 3 heterocycles. The van der Waals surface area contributed by atoms with E-state index in [0.29, 0.717) is 30.2 Å². The molecule has 0 aliphatic rings. The zero-order chi connectivity index (χ0) is 53.6. The zero-order valence-electron chi connectivity index (χ0n) is 46.6. The van der Waals surface area contributed by atoms with Gasteiger partial charge in [-0.25, -0.2) is 0 Å². The van der Waals surface area contributed by atoms with E-state index in [2.05, 4.69) is 218 Å². The summed E-state index contributed by atoms with van der Waals surface area (Å²) in [5.74, 6) is -0.223. The molecule has 6 N–H and O–H groups in total. The van der Waals surface area contributed by atoms with Gasteiger partial charge >= 0.3 is 0 Å². The first-order chi connectivity index (χ1) is 33.2. The molecule has 11 heteroatoms. The molecule has 1 atom stereocenters. The third-order valence-corrected chi connectivity index (χ3v) is 12.1. The fraction of sp³-hybridized carbons (Fsp3) is 0.459. The van der Waals surface area contributed by atoms with E-state index in [1.54, 1.807) is 0 Å². The Kier molecular flexibility index (Phi) is 17.4. The van der Waals surface area contributed by atoms with E-state index < -0.39 is 0 Å². The summed E-state index contributed by atoms with van der Waals surface area (Å²) in [4.78, 5) is 45.0. The maximum absolute atomic E-state index is 13.8. The number of ketones is 1. The summed E-state index contributed by atoms with van der Waals surface area (Å²) in [6, 6.07) is 35.3. The normalized spacial score (nSPS) is 12.9. The van der Waals surface area contributed by atoms with Crippen LogP contribution in [0.2, 0.25) is 0 Å². The SMILES string of the molecule is CC(C)(C)CNC(=O)c1ccc(C(C)(C)C)cc1.CC(C)(C)CNC(=O)c1n[nH]nc1C(C)(C)C.CC(C)(C)NCC(=O)c1[nH]c2ccccc2c1C(c1ccccc1)c1c(C(C)(C)C)[nH]c2ccccc12. The monoisotopic (exact) mass is 977 g/mol. The number of fused-ring (bicyclic) bond motifs is 2. The van der Waals surface area contributed by atoms with E-state index in [1.165, 1.54) is 27.8 Å². The van der Waals surface area contributed by atoms with Crippen molar-refractivity contribution >= 4 is 39.4 Å². The third-order valence-electron chi connectivity index (χ3n) is 12.1. The van der Waals surface area contributed by atoms with E-state index in [4.69, 9.17) is 0 Å². The summed E-state index contributed by atoms with van der Waals surface area (Å²) in [5, 5.41) is 22.0. The van der Waals surface area contributed by atoms with Crippen LogP contribution in [0, 0.1) is 10.8 Å². The highest BCUT2D eigenvalue weighted by atomic mass is 16.2. The predicted molar refractivity (Wildman–Crippen MR) is 299 cm³/mol. The minimum absolute atomic E-state index is 0.00499. The summed E-state index contributed by atoms with van der Waals surface area (Å²) >= 11 is 0. The van der Waals surface area contributed by atoms with Crippen LogP contribution < -0.4 is 16.0 Å². The number of carbonyl (C=O) groups excluding carboxylic acids is 3. The summed E-state index contributed by atoms with van der Waals surface area (Å²) in [7, 11) is 0. The van der Waals surface area contributed by atoms with Crippen molar-refractivity contribution in [3.63, 3.8) is 0 Å². The number of aromatic nitrogens is 5. The Balaban J connectivity index is 0.000000230. The quantitative estimate of drug-likeness (QED) is 0.0748. The fourth-order valence-corrected chi connectivity index (χ4v) is 8.21. The average molecular weight is 977 g/mol. The van der Waals surface area contributed by atoms with Gasteiger partial charge in [0.2, 0.25) is 0 Å². The molecule has 0 aliphatic carbocycles. The van der Waals surface area contributed by atoms with Crippen molar-refractivity contribution in [2.45, 2.75) is 152 Å². The molecule has 4 aromatic carbocycles. The number of carbonyl (C=O) groups is 3. The molecular formula is C61H84N8O3. The van der Waals surface area contributed by atoms with Gasteiger partial charge in [0, 0.05) is 74.0 Å². The van der Waals surface area contributed by atoms with Crippen molar-refractivity contribution in [1.29, 1.82) is 0 Å². The Morgan fingerprint density at radius 2 is 1.03 bits per heavy atom. The molecule has 7 rings (SSSR count). The van der Waals surface area contributed by atoms with Crippen LogP contribution in [0.4, 0.5) is 0 Å². The van der Waals surface area contributed by atoms with Crippen molar-refractivity contribution < 1.29 is 14.4 Å². The Hall–Kier alpha value is -6.33. The van der Waals surface area contributed by atoms with E-state index in [-0.39, 0.29) is 62.7 Å². The predicted octanol–water partition coefficient (Wildman–Crippen LogP) is 13.3. The van der Waals surface area contributed by atoms with Crippen LogP contribution in [-0.2, 0) is 16.2 Å². The summed E-state index contributed by atoms with van der Waals surface area (Å²) in [6.45, 7) is 39.6. The summed E-state index contributed by atoms with van der Waals surface area (Å²) in [6.07, 6.45) is 0. The molecule has 72 heavy (non-hydrogen) atoms. The van der Waals surface area contributed by atoms with E-state index in [1.807, 2.05) is 51.1 Å². The Bertz CT molecular complexity index is 2910. The second-order valence-electron chi connectivity index (χ2n) is 25.6. The fourth-order valence-electron chi connectivity index (χ4n) is 8.21. The number of benzene rings is 4. The van der Waals surface area contributed by atoms with Crippen molar-refractivity contribution in [1.82, 2.24) is 41.3 Å². The second kappa shape index (κ2) is 22.2. The molecule has 386 valence electrons. The van der Waals surface area contributed by atoms with Gasteiger partial charge in [-0.15, -0.1) is 0 Å². The third kappa shape index (κ3) is 15.3. The molecule has 0 fully saturated rings. The maximum Gasteiger partial charge on any atom is 0.273 e. The van der Waals surface area contributed by atoms with Gasteiger partial charge in [-0.05, 0) is 78.0 Å². The lowest BCUT2D eigenvalue weighted by atomic mass is 9.77. The van der Waals surface area contributed by atoms with Gasteiger partial charge in [-0.1, -0.05) is 183 Å². The minimum atomic E-state index is -0.193. The first kappa shape index (κ1) is 56.6. The Morgan fingerprint density at radius 1 is 0.528 bits per heavy atom. The lowest BCUT2D eigenvalue weighted by Gasteiger charge is -2.26. The minimum Gasteiger partial charge on any atom is -0.358 e. The molecule has 0 saturated heterocycles. The second-order valence-corrected chi connectivity index (χ2v) is 25.6. The molecule has 0 spiro atoms. The van der Waals surface area contributed by atoms with E-state index in [9.17, 15) is 14.4 Å². The standard InChI is InChI=1S/C33H37N3O.C16H25NO.C12H22N4O/c1-32(2,3)31-29(23-17-11-13-19-25(23)36-31)27(21-14-8-7-9-15-21)28-22-16-10-12-18-24(22)35-30(28)26(37)20-34-33(4,5)6;1-15(2,3)11-17-14(18)12-7-9-13(10-8-12)16(4,5)6;1-11(2,3)7-13-10(17)8-9(12(4,5)6)15-16-14-8/h7-19,27,34-36H,20H2,1-6H3;7-10H,11H2,1-6H3,(H,17,18);7H2,1-6H3,(H,13,17)(H,14,15,16). The van der Waals surface area contributed by atoms with Crippen LogP contribution in [0.15, 0.2) is 103 Å². The molecule has 11 nitrogen and oxygen atoms in total. The number of hydrogen-bond acceptors (Lipinski definition) is 6. The number of rotatable bonds is 10. The smallest absolute Gasteiger partial charge is 0.273 e. The summed E-state index contributed by atoms with van der Waals surface area (Å²) in [5.41, 5.74) is 10.3. The van der Waals surface area contributed by atoms with Crippen molar-refractivity contribution in [3.8, 4) is 0 Å². The Labute approximate surface area is 429 Å². The first-order valence-electron chi connectivity index (χ1n) is 25.4. The van der Waals surface area contributed by atoms with Crippen LogP contribution >= 0.6 is 0 Å². The van der Waals surface area contributed by atoms with Crippen molar-refractivity contribution in [3.05, 3.63) is 154 Å². The molecule has 2 amide bonds. The van der Waals surface area contributed by atoms with E-state index >= 15 is 0 Å². The molecule has 0 bridgehead atoms. The van der Waals surface area contributed by atoms with Crippen LogP contribution in [-0.4, -0.2) is 68.1 Å². The molecule has 0 aliphatic heterocycles. The van der Waals surface area contributed by atoms with Gasteiger partial charge in [-0.3, -0.25) is 14.4 Å². The highest BCUT2D eigenvalue weighted by Gasteiger charge is 2.34. The van der Waals surface area contributed by atoms with Gasteiger partial charge < -0.3 is 25.9 Å². The Morgan fingerprint density at radius 3 is 1.53 bits per heavy atom. The molecule has 3 aromatic heterocycles. The van der Waals surface area contributed by atoms with Crippen molar-refractivity contribution in [2.75, 3.05) is 19.6 Å². The molecule has 0 radical (unpaired) electrons. The highest BCUT2D eigenvalue weighted by Crippen LogP contribution is 2.45. The number of hydrogen-bond donors (Lipinski definition) is 6. The number of aromatic amines is 3. The molecule has 7 aromatic rings. The number of H-pyrrole nitrogens is 3. The number of nitrogens with one attached hydrogen (secondary N) is 6. The topological polar surface area (TPSA) is 160 Å². The number of amides is 2. The van der Waals surface area contributed by atoms with E-state index in [0.717, 1.165) is 27.5 Å². The van der Waals surface area contributed by atoms with Crippen LogP contribution in [0.5, 0.6) is 0 Å². The number of para-hydroxylation sites is 2. The molecular weight excluding hydrogens is 893 g/mol. The number of Topliss-reactive ketones (excluding diaryl/α,β-unsaturated/α-hetero) is 1. The maximum atomic E-state index is 13.8. The number of nitrogens with zero attached hydrogens (tertiary/aromatic N) is 2. The van der Waals surface area contributed by atoms with Crippen molar-refractivity contribution in [2.24, 2.45) is 10.8 Å². The summed E-state index contributed by atoms with van der Waals surface area (Å²) < 4.78 is 0. The lowest BCUT2D eigenvalue weighted by Crippen LogP contribution is -2.39. The van der Waals surface area contributed by atoms with Gasteiger partial charge in [0.1, 0.15) is 5.69 Å². The van der Waals surface area contributed by atoms with Gasteiger partial charge in [0.05, 0.1) is 12.2 Å². The van der Waals surface area contributed by atoms with Gasteiger partial charge in [-0.2, -0.15) is 15.4 Å². The van der Waals surface area contributed by atoms with Crippen LogP contribution in [0.25, 0.3) is 21.8 Å². The first-order valence-corrected chi connectivity index (χ1v) is 25.4. The van der Waals surface area contributed by atoms with Gasteiger partial charge in [0.25, 0.3) is 11.8 Å². The van der Waals surface area contributed by atoms with Crippen LogP contribution in [0.1, 0.15) is 196 Å². The molecule has 1 unspecified atom stereocenters. The zero-order valence-corrected chi connectivity index (χ0v) is 46.6. The largest absolute Gasteiger partial charge is 0.358 e. The van der Waals surface area contributed by atoms with Gasteiger partial charge in [0.15, 0.2) is 11.5 Å². The average Bonchev–Trinajstić information content (AvgIpc) is 4.04.